The van der Waals surface area contributed by atoms with Gasteiger partial charge < -0.3 is 14.2 Å². The van der Waals surface area contributed by atoms with Crippen LogP contribution in [0.4, 0.5) is 0 Å². The first kappa shape index (κ1) is 13.7. The molecular weight excluding hydrogens is 298 g/mol. The van der Waals surface area contributed by atoms with Gasteiger partial charge in [0.2, 0.25) is 6.79 Å². The van der Waals surface area contributed by atoms with Crippen LogP contribution < -0.4 is 9.47 Å². The van der Waals surface area contributed by atoms with Crippen LogP contribution >= 0.6 is 22.9 Å². The quantitative estimate of drug-likeness (QED) is 0.606. The van der Waals surface area contributed by atoms with Crippen molar-refractivity contribution < 1.29 is 14.2 Å². The monoisotopic (exact) mass is 311 g/mol. The summed E-state index contributed by atoms with van der Waals surface area (Å²) >= 11 is 7.34. The molecule has 0 bridgehead atoms. The van der Waals surface area contributed by atoms with Crippen LogP contribution in [0.1, 0.15) is 16.3 Å². The summed E-state index contributed by atoms with van der Waals surface area (Å²) in [4.78, 5) is 4.39. The van der Waals surface area contributed by atoms with E-state index in [2.05, 4.69) is 4.98 Å². The standard InChI is InChI=1S/C14H14ClNO3S/c15-6-11-8-20-14(16-11)3-4-17-7-10-1-2-12-13(5-10)19-9-18-12/h1-2,5,8H,3-4,6-7,9H2. The van der Waals surface area contributed by atoms with E-state index in [1.807, 2.05) is 23.6 Å². The van der Waals surface area contributed by atoms with Crippen LogP contribution in [0.3, 0.4) is 0 Å². The van der Waals surface area contributed by atoms with E-state index in [0.29, 0.717) is 25.9 Å². The van der Waals surface area contributed by atoms with Gasteiger partial charge in [0, 0.05) is 11.8 Å². The lowest BCUT2D eigenvalue weighted by molar-refractivity contribution is 0.123. The summed E-state index contributed by atoms with van der Waals surface area (Å²) in [5.41, 5.74) is 2.01. The van der Waals surface area contributed by atoms with Gasteiger partial charge in [0.1, 0.15) is 0 Å². The molecule has 0 N–H and O–H groups in total. The highest BCUT2D eigenvalue weighted by Crippen LogP contribution is 2.32. The second-order valence-corrected chi connectivity index (χ2v) is 5.57. The van der Waals surface area contributed by atoms with Crippen molar-refractivity contribution in [2.45, 2.75) is 18.9 Å². The molecule has 0 atom stereocenters. The normalized spacial score (nSPS) is 12.8. The second-order valence-electron chi connectivity index (χ2n) is 4.36. The van der Waals surface area contributed by atoms with E-state index in [0.717, 1.165) is 34.2 Å². The SMILES string of the molecule is ClCc1csc(CCOCc2ccc3c(c2)OCO3)n1. The van der Waals surface area contributed by atoms with Gasteiger partial charge in [-0.25, -0.2) is 4.98 Å². The summed E-state index contributed by atoms with van der Waals surface area (Å²) in [5.74, 6) is 2.05. The molecule has 0 amide bonds. The molecule has 20 heavy (non-hydrogen) atoms. The number of halogens is 1. The van der Waals surface area contributed by atoms with Crippen LogP contribution in [0.15, 0.2) is 23.6 Å². The van der Waals surface area contributed by atoms with Gasteiger partial charge in [0.25, 0.3) is 0 Å². The van der Waals surface area contributed by atoms with Crippen molar-refractivity contribution in [1.82, 2.24) is 4.98 Å². The maximum Gasteiger partial charge on any atom is 0.231 e. The predicted molar refractivity (Wildman–Crippen MR) is 77.6 cm³/mol. The minimum Gasteiger partial charge on any atom is -0.454 e. The number of aromatic nitrogens is 1. The number of alkyl halides is 1. The van der Waals surface area contributed by atoms with Crippen molar-refractivity contribution in [3.63, 3.8) is 0 Å². The summed E-state index contributed by atoms with van der Waals surface area (Å²) in [5, 5.41) is 3.05. The zero-order valence-corrected chi connectivity index (χ0v) is 12.4. The van der Waals surface area contributed by atoms with Crippen molar-refractivity contribution in [3.05, 3.63) is 39.8 Å². The van der Waals surface area contributed by atoms with Crippen LogP contribution in [0.5, 0.6) is 11.5 Å². The third-order valence-corrected chi connectivity index (χ3v) is 4.13. The molecule has 0 unspecified atom stereocenters. The van der Waals surface area contributed by atoms with E-state index in [9.17, 15) is 0 Å². The second kappa shape index (κ2) is 6.43. The first-order valence-electron chi connectivity index (χ1n) is 6.30. The molecular formula is C14H14ClNO3S. The predicted octanol–water partition coefficient (Wildman–Crippen LogP) is 3.37. The molecule has 0 fully saturated rings. The minimum absolute atomic E-state index is 0.298. The largest absolute Gasteiger partial charge is 0.454 e. The van der Waals surface area contributed by atoms with Gasteiger partial charge in [-0.1, -0.05) is 6.07 Å². The zero-order valence-electron chi connectivity index (χ0n) is 10.8. The molecule has 2 heterocycles. The molecule has 2 aromatic rings. The average Bonchev–Trinajstić information content (AvgIpc) is 3.11. The molecule has 0 spiro atoms. The van der Waals surface area contributed by atoms with Gasteiger partial charge >= 0.3 is 0 Å². The van der Waals surface area contributed by atoms with Crippen LogP contribution in [-0.4, -0.2) is 18.4 Å². The van der Waals surface area contributed by atoms with Crippen LogP contribution in [-0.2, 0) is 23.6 Å². The molecule has 6 heteroatoms. The Morgan fingerprint density at radius 2 is 2.20 bits per heavy atom. The Bertz CT molecular complexity index is 588. The van der Waals surface area contributed by atoms with E-state index in [-0.39, 0.29) is 0 Å². The van der Waals surface area contributed by atoms with E-state index >= 15 is 0 Å². The Morgan fingerprint density at radius 3 is 3.05 bits per heavy atom. The third kappa shape index (κ3) is 3.23. The summed E-state index contributed by atoms with van der Waals surface area (Å²) < 4.78 is 16.3. The lowest BCUT2D eigenvalue weighted by atomic mass is 10.2. The number of hydrogen-bond donors (Lipinski definition) is 0. The molecule has 1 aromatic carbocycles. The van der Waals surface area contributed by atoms with Crippen molar-refractivity contribution >= 4 is 22.9 Å². The molecule has 0 saturated carbocycles. The van der Waals surface area contributed by atoms with Crippen molar-refractivity contribution in [2.75, 3.05) is 13.4 Å². The lowest BCUT2D eigenvalue weighted by Gasteiger charge is -2.04. The number of thiazole rings is 1. The highest BCUT2D eigenvalue weighted by molar-refractivity contribution is 7.09. The lowest BCUT2D eigenvalue weighted by Crippen LogP contribution is -1.99. The topological polar surface area (TPSA) is 40.6 Å². The van der Waals surface area contributed by atoms with Crippen LogP contribution in [0.25, 0.3) is 0 Å². The Kier molecular flexibility index (Phi) is 4.40. The molecule has 1 aliphatic rings. The Labute approximate surface area is 126 Å². The van der Waals surface area contributed by atoms with Crippen LogP contribution in [0, 0.1) is 0 Å². The van der Waals surface area contributed by atoms with Gasteiger partial charge in [-0.2, -0.15) is 0 Å². The number of nitrogens with zero attached hydrogens (tertiary/aromatic N) is 1. The summed E-state index contributed by atoms with van der Waals surface area (Å²) in [6.07, 6.45) is 0.812. The van der Waals surface area contributed by atoms with E-state index < -0.39 is 0 Å². The van der Waals surface area contributed by atoms with Crippen molar-refractivity contribution in [1.29, 1.82) is 0 Å². The molecule has 3 rings (SSSR count). The average molecular weight is 312 g/mol. The minimum atomic E-state index is 0.298. The Balaban J connectivity index is 1.45. The molecule has 4 nitrogen and oxygen atoms in total. The first-order chi connectivity index (χ1) is 9.85. The Hall–Kier alpha value is -1.30. The number of hydrogen-bond acceptors (Lipinski definition) is 5. The fourth-order valence-corrected chi connectivity index (χ4v) is 2.91. The van der Waals surface area contributed by atoms with Gasteiger partial charge in [0.05, 0.1) is 29.8 Å². The van der Waals surface area contributed by atoms with Gasteiger partial charge in [0.15, 0.2) is 11.5 Å². The Morgan fingerprint density at radius 1 is 1.30 bits per heavy atom. The molecule has 0 aliphatic carbocycles. The van der Waals surface area contributed by atoms with Crippen molar-refractivity contribution in [2.24, 2.45) is 0 Å². The van der Waals surface area contributed by atoms with E-state index in [1.165, 1.54) is 0 Å². The molecule has 0 saturated heterocycles. The van der Waals surface area contributed by atoms with Crippen LogP contribution in [0.2, 0.25) is 0 Å². The fraction of sp³-hybridized carbons (Fsp3) is 0.357. The number of ether oxygens (including phenoxy) is 3. The summed E-state index contributed by atoms with van der Waals surface area (Å²) in [6.45, 7) is 1.50. The number of fused-ring (bicyclic) bond motifs is 1. The number of rotatable bonds is 6. The highest BCUT2D eigenvalue weighted by Gasteiger charge is 2.13. The van der Waals surface area contributed by atoms with E-state index in [4.69, 9.17) is 25.8 Å². The van der Waals surface area contributed by atoms with Gasteiger partial charge in [-0.3, -0.25) is 0 Å². The number of benzene rings is 1. The van der Waals surface area contributed by atoms with Gasteiger partial charge in [-0.15, -0.1) is 22.9 Å². The van der Waals surface area contributed by atoms with Crippen molar-refractivity contribution in [3.8, 4) is 11.5 Å². The smallest absolute Gasteiger partial charge is 0.231 e. The fourth-order valence-electron chi connectivity index (χ4n) is 1.91. The maximum absolute atomic E-state index is 5.72. The molecule has 0 radical (unpaired) electrons. The van der Waals surface area contributed by atoms with Gasteiger partial charge in [-0.05, 0) is 17.7 Å². The third-order valence-electron chi connectivity index (χ3n) is 2.90. The maximum atomic E-state index is 5.72. The highest BCUT2D eigenvalue weighted by atomic mass is 35.5. The zero-order chi connectivity index (χ0) is 13.8. The molecule has 1 aromatic heterocycles. The van der Waals surface area contributed by atoms with E-state index in [1.54, 1.807) is 11.3 Å². The molecule has 106 valence electrons. The summed E-state index contributed by atoms with van der Waals surface area (Å²) in [6, 6.07) is 5.86. The first-order valence-corrected chi connectivity index (χ1v) is 7.72. The molecule has 1 aliphatic heterocycles. The summed E-state index contributed by atoms with van der Waals surface area (Å²) in [7, 11) is 0.